The highest BCUT2D eigenvalue weighted by molar-refractivity contribution is 5.95. The van der Waals surface area contributed by atoms with Gasteiger partial charge in [0, 0.05) is 24.7 Å². The van der Waals surface area contributed by atoms with Crippen molar-refractivity contribution < 1.29 is 19.5 Å². The van der Waals surface area contributed by atoms with Gasteiger partial charge in [0.05, 0.1) is 6.42 Å². The molecule has 0 spiro atoms. The Kier molecular flexibility index (Phi) is 4.32. The van der Waals surface area contributed by atoms with E-state index in [1.807, 2.05) is 24.3 Å². The molecule has 122 valence electrons. The predicted molar refractivity (Wildman–Crippen MR) is 84.1 cm³/mol. The molecule has 3 rings (SSSR count). The molecule has 23 heavy (non-hydrogen) atoms. The van der Waals surface area contributed by atoms with E-state index in [0.29, 0.717) is 6.42 Å². The van der Waals surface area contributed by atoms with Gasteiger partial charge in [0.25, 0.3) is 0 Å². The number of hydrogen-bond acceptors (Lipinski definition) is 3. The first-order valence-corrected chi connectivity index (χ1v) is 7.95. The van der Waals surface area contributed by atoms with Gasteiger partial charge < -0.3 is 14.9 Å². The van der Waals surface area contributed by atoms with Gasteiger partial charge in [0.15, 0.2) is 0 Å². The molecule has 2 aliphatic rings. The van der Waals surface area contributed by atoms with E-state index in [-0.39, 0.29) is 30.8 Å². The number of hydrogen-bond donors (Lipinski definition) is 1. The summed E-state index contributed by atoms with van der Waals surface area (Å²) in [6.07, 6.45) is 3.43. The number of aliphatic carboxylic acids is 1. The highest BCUT2D eigenvalue weighted by atomic mass is 16.4. The standard InChI is InChI=1S/C17H20N2O4/c20-15-2-1-9-18(15)13-5-3-12(4-6-13)10-16(21)19(11-17(22)23)14-7-8-14/h3-6,14H,1-2,7-11H2,(H,22,23). The number of anilines is 1. The average Bonchev–Trinajstić information content (AvgIpc) is 3.27. The zero-order valence-corrected chi connectivity index (χ0v) is 12.9. The van der Waals surface area contributed by atoms with E-state index in [2.05, 4.69) is 0 Å². The molecule has 0 bridgehead atoms. The quantitative estimate of drug-likeness (QED) is 0.861. The van der Waals surface area contributed by atoms with Crippen LogP contribution < -0.4 is 4.90 Å². The lowest BCUT2D eigenvalue weighted by molar-refractivity contribution is -0.144. The van der Waals surface area contributed by atoms with Crippen molar-refractivity contribution in [3.05, 3.63) is 29.8 Å². The minimum atomic E-state index is -0.979. The van der Waals surface area contributed by atoms with Gasteiger partial charge in [0.2, 0.25) is 11.8 Å². The van der Waals surface area contributed by atoms with Gasteiger partial charge in [-0.05, 0) is 37.0 Å². The van der Waals surface area contributed by atoms with Crippen molar-refractivity contribution >= 4 is 23.5 Å². The van der Waals surface area contributed by atoms with Crippen molar-refractivity contribution in [1.29, 1.82) is 0 Å². The van der Waals surface area contributed by atoms with Crippen molar-refractivity contribution in [3.63, 3.8) is 0 Å². The van der Waals surface area contributed by atoms with Gasteiger partial charge in [-0.25, -0.2) is 0 Å². The van der Waals surface area contributed by atoms with Crippen LogP contribution >= 0.6 is 0 Å². The van der Waals surface area contributed by atoms with Crippen LogP contribution in [-0.4, -0.2) is 46.9 Å². The van der Waals surface area contributed by atoms with Crippen molar-refractivity contribution in [2.45, 2.75) is 38.1 Å². The Labute approximate surface area is 134 Å². The second-order valence-corrected chi connectivity index (χ2v) is 6.14. The van der Waals surface area contributed by atoms with Gasteiger partial charge in [0.1, 0.15) is 6.54 Å². The number of rotatable bonds is 6. The van der Waals surface area contributed by atoms with E-state index in [9.17, 15) is 14.4 Å². The van der Waals surface area contributed by atoms with E-state index in [0.717, 1.165) is 37.1 Å². The van der Waals surface area contributed by atoms with Gasteiger partial charge >= 0.3 is 5.97 Å². The van der Waals surface area contributed by atoms with Gasteiger partial charge in [-0.15, -0.1) is 0 Å². The second-order valence-electron chi connectivity index (χ2n) is 6.14. The summed E-state index contributed by atoms with van der Waals surface area (Å²) in [6.45, 7) is 0.509. The molecule has 1 saturated carbocycles. The molecule has 1 aromatic rings. The predicted octanol–water partition coefficient (Wildman–Crippen LogP) is 1.43. The highest BCUT2D eigenvalue weighted by Crippen LogP contribution is 2.27. The van der Waals surface area contributed by atoms with Crippen LogP contribution in [0.15, 0.2) is 24.3 Å². The number of benzene rings is 1. The Balaban J connectivity index is 1.64. The summed E-state index contributed by atoms with van der Waals surface area (Å²) in [5, 5.41) is 8.93. The topological polar surface area (TPSA) is 77.9 Å². The fourth-order valence-corrected chi connectivity index (χ4v) is 2.94. The summed E-state index contributed by atoms with van der Waals surface area (Å²) in [5.74, 6) is -0.997. The van der Waals surface area contributed by atoms with Crippen LogP contribution in [0.25, 0.3) is 0 Å². The Morgan fingerprint density at radius 2 is 1.91 bits per heavy atom. The monoisotopic (exact) mass is 316 g/mol. The molecule has 6 nitrogen and oxygen atoms in total. The van der Waals surface area contributed by atoms with Gasteiger partial charge in [-0.1, -0.05) is 12.1 Å². The Morgan fingerprint density at radius 1 is 1.22 bits per heavy atom. The molecule has 1 aromatic carbocycles. The molecule has 1 saturated heterocycles. The van der Waals surface area contributed by atoms with Crippen molar-refractivity contribution in [2.75, 3.05) is 18.0 Å². The molecule has 0 aromatic heterocycles. The summed E-state index contributed by atoms with van der Waals surface area (Å²) in [7, 11) is 0. The molecule has 1 aliphatic carbocycles. The molecule has 0 atom stereocenters. The number of carbonyl (C=O) groups is 3. The molecule has 6 heteroatoms. The summed E-state index contributed by atoms with van der Waals surface area (Å²) in [4.78, 5) is 38.1. The lowest BCUT2D eigenvalue weighted by Gasteiger charge is -2.20. The highest BCUT2D eigenvalue weighted by Gasteiger charge is 2.33. The van der Waals surface area contributed by atoms with Gasteiger partial charge in [-0.2, -0.15) is 0 Å². The van der Waals surface area contributed by atoms with Crippen LogP contribution in [0.1, 0.15) is 31.2 Å². The van der Waals surface area contributed by atoms with Crippen molar-refractivity contribution in [1.82, 2.24) is 4.90 Å². The third kappa shape index (κ3) is 3.70. The number of carboxylic acids is 1. The SMILES string of the molecule is O=C(O)CN(C(=O)Cc1ccc(N2CCCC2=O)cc1)C1CC1. The fraction of sp³-hybridized carbons (Fsp3) is 0.471. The normalized spacial score (nSPS) is 17.4. The number of amides is 2. The minimum absolute atomic E-state index is 0.0834. The summed E-state index contributed by atoms with van der Waals surface area (Å²) >= 11 is 0. The van der Waals surface area contributed by atoms with Crippen LogP contribution in [-0.2, 0) is 20.8 Å². The Morgan fingerprint density at radius 3 is 2.43 bits per heavy atom. The molecule has 0 unspecified atom stereocenters. The Bertz CT molecular complexity index is 622. The van der Waals surface area contributed by atoms with Crippen LogP contribution in [0, 0.1) is 0 Å². The van der Waals surface area contributed by atoms with E-state index in [1.54, 1.807) is 4.90 Å². The maximum atomic E-state index is 12.3. The first-order valence-electron chi connectivity index (χ1n) is 7.95. The van der Waals surface area contributed by atoms with Crippen molar-refractivity contribution in [3.8, 4) is 0 Å². The maximum Gasteiger partial charge on any atom is 0.323 e. The van der Waals surface area contributed by atoms with Crippen molar-refractivity contribution in [2.24, 2.45) is 0 Å². The first kappa shape index (κ1) is 15.5. The average molecular weight is 316 g/mol. The van der Waals surface area contributed by atoms with E-state index >= 15 is 0 Å². The number of nitrogens with zero attached hydrogens (tertiary/aromatic N) is 2. The first-order chi connectivity index (χ1) is 11.0. The van der Waals surface area contributed by atoms with Gasteiger partial charge in [-0.3, -0.25) is 14.4 Å². The molecule has 2 amide bonds. The minimum Gasteiger partial charge on any atom is -0.480 e. The fourth-order valence-electron chi connectivity index (χ4n) is 2.94. The maximum absolute atomic E-state index is 12.3. The molecular weight excluding hydrogens is 296 g/mol. The molecule has 0 radical (unpaired) electrons. The molecule has 1 aliphatic heterocycles. The smallest absolute Gasteiger partial charge is 0.323 e. The molecular formula is C17H20N2O4. The Hall–Kier alpha value is -2.37. The molecule has 1 N–H and O–H groups in total. The van der Waals surface area contributed by atoms with Crippen LogP contribution in [0.3, 0.4) is 0 Å². The van der Waals surface area contributed by atoms with Crippen LogP contribution in [0.5, 0.6) is 0 Å². The largest absolute Gasteiger partial charge is 0.480 e. The third-order valence-corrected chi connectivity index (χ3v) is 4.29. The summed E-state index contributed by atoms with van der Waals surface area (Å²) in [6, 6.07) is 7.46. The second kappa shape index (κ2) is 6.40. The van der Waals surface area contributed by atoms with E-state index < -0.39 is 5.97 Å². The van der Waals surface area contributed by atoms with Crippen LogP contribution in [0.4, 0.5) is 5.69 Å². The zero-order valence-electron chi connectivity index (χ0n) is 12.9. The lowest BCUT2D eigenvalue weighted by Crippen LogP contribution is -2.38. The lowest BCUT2D eigenvalue weighted by atomic mass is 10.1. The molecule has 1 heterocycles. The third-order valence-electron chi connectivity index (χ3n) is 4.29. The number of carboxylic acid groups (broad SMARTS) is 1. The molecule has 2 fully saturated rings. The van der Waals surface area contributed by atoms with E-state index in [1.165, 1.54) is 4.90 Å². The number of carbonyl (C=O) groups excluding carboxylic acids is 2. The van der Waals surface area contributed by atoms with E-state index in [4.69, 9.17) is 5.11 Å². The summed E-state index contributed by atoms with van der Waals surface area (Å²) in [5.41, 5.74) is 1.69. The summed E-state index contributed by atoms with van der Waals surface area (Å²) < 4.78 is 0. The zero-order chi connectivity index (χ0) is 16.4. The van der Waals surface area contributed by atoms with Crippen LogP contribution in [0.2, 0.25) is 0 Å².